The molecule has 1 fully saturated rings. The average molecular weight is 183 g/mol. The van der Waals surface area contributed by atoms with Crippen molar-refractivity contribution in [1.82, 2.24) is 0 Å². The highest BCUT2D eigenvalue weighted by atomic mass is 16.3. The Hall–Kier alpha value is -0.730. The Morgan fingerprint density at radius 3 is 2.62 bits per heavy atom. The summed E-state index contributed by atoms with van der Waals surface area (Å²) in [6.45, 7) is 1.98. The van der Waals surface area contributed by atoms with E-state index in [0.717, 1.165) is 12.8 Å². The van der Waals surface area contributed by atoms with E-state index in [2.05, 4.69) is 10.0 Å². The topological polar surface area (TPSA) is 69.0 Å². The standard InChI is InChI=1S/C9H17N3O/c1-9(13,7-11-12-10)8-5-3-2-4-6-8/h8,13H,2-7H2,1H3/t9-/m1/s1. The lowest BCUT2D eigenvalue weighted by atomic mass is 9.78. The summed E-state index contributed by atoms with van der Waals surface area (Å²) in [4.78, 5) is 2.68. The molecule has 1 saturated carbocycles. The van der Waals surface area contributed by atoms with E-state index in [1.54, 1.807) is 6.92 Å². The predicted octanol–water partition coefficient (Wildman–Crippen LogP) is 2.63. The van der Waals surface area contributed by atoms with Gasteiger partial charge in [-0.15, -0.1) is 0 Å². The molecule has 4 nitrogen and oxygen atoms in total. The van der Waals surface area contributed by atoms with Crippen molar-refractivity contribution < 1.29 is 5.11 Å². The maximum atomic E-state index is 10.0. The van der Waals surface area contributed by atoms with Crippen LogP contribution in [-0.2, 0) is 0 Å². The summed E-state index contributed by atoms with van der Waals surface area (Å²) in [5.74, 6) is 0.312. The molecule has 0 aromatic heterocycles. The maximum Gasteiger partial charge on any atom is 0.0704 e. The number of nitrogens with zero attached hydrogens (tertiary/aromatic N) is 3. The van der Waals surface area contributed by atoms with Crippen LogP contribution in [0.3, 0.4) is 0 Å². The van der Waals surface area contributed by atoms with Gasteiger partial charge >= 0.3 is 0 Å². The van der Waals surface area contributed by atoms with Crippen molar-refractivity contribution in [3.63, 3.8) is 0 Å². The molecule has 1 aliphatic carbocycles. The Morgan fingerprint density at radius 2 is 2.08 bits per heavy atom. The van der Waals surface area contributed by atoms with Crippen LogP contribution in [0.5, 0.6) is 0 Å². The summed E-state index contributed by atoms with van der Waals surface area (Å²) in [6.07, 6.45) is 5.78. The van der Waals surface area contributed by atoms with Gasteiger partial charge in [-0.2, -0.15) is 0 Å². The van der Waals surface area contributed by atoms with Gasteiger partial charge < -0.3 is 5.11 Å². The lowest BCUT2D eigenvalue weighted by molar-refractivity contribution is -0.00796. The normalized spacial score (nSPS) is 23.2. The van der Waals surface area contributed by atoms with Crippen molar-refractivity contribution in [2.75, 3.05) is 6.54 Å². The molecule has 0 aliphatic heterocycles. The van der Waals surface area contributed by atoms with Crippen molar-refractivity contribution in [3.05, 3.63) is 10.4 Å². The molecule has 74 valence electrons. The smallest absolute Gasteiger partial charge is 0.0704 e. The number of aliphatic hydroxyl groups is 1. The monoisotopic (exact) mass is 183 g/mol. The first-order valence-corrected chi connectivity index (χ1v) is 4.90. The van der Waals surface area contributed by atoms with Crippen LogP contribution in [0.1, 0.15) is 39.0 Å². The van der Waals surface area contributed by atoms with E-state index < -0.39 is 5.60 Å². The van der Waals surface area contributed by atoms with E-state index in [1.165, 1.54) is 19.3 Å². The number of azide groups is 1. The number of rotatable bonds is 3. The van der Waals surface area contributed by atoms with E-state index in [9.17, 15) is 5.11 Å². The molecule has 0 amide bonds. The summed E-state index contributed by atoms with van der Waals surface area (Å²) < 4.78 is 0. The molecule has 1 aliphatic rings. The van der Waals surface area contributed by atoms with Gasteiger partial charge in [-0.3, -0.25) is 0 Å². The summed E-state index contributed by atoms with van der Waals surface area (Å²) >= 11 is 0. The molecule has 1 atom stereocenters. The van der Waals surface area contributed by atoms with Gasteiger partial charge in [0, 0.05) is 4.91 Å². The molecular formula is C9H17N3O. The van der Waals surface area contributed by atoms with Gasteiger partial charge in [-0.25, -0.2) is 0 Å². The van der Waals surface area contributed by atoms with Crippen LogP contribution in [0, 0.1) is 5.92 Å². The van der Waals surface area contributed by atoms with E-state index >= 15 is 0 Å². The highest BCUT2D eigenvalue weighted by Gasteiger charge is 2.31. The van der Waals surface area contributed by atoms with Gasteiger partial charge in [0.1, 0.15) is 0 Å². The predicted molar refractivity (Wildman–Crippen MR) is 51.2 cm³/mol. The molecule has 0 spiro atoms. The summed E-state index contributed by atoms with van der Waals surface area (Å²) in [6, 6.07) is 0. The van der Waals surface area contributed by atoms with Gasteiger partial charge in [0.2, 0.25) is 0 Å². The largest absolute Gasteiger partial charge is 0.390 e. The van der Waals surface area contributed by atoms with Gasteiger partial charge in [0.05, 0.1) is 12.1 Å². The van der Waals surface area contributed by atoms with Gasteiger partial charge in [0.25, 0.3) is 0 Å². The van der Waals surface area contributed by atoms with Crippen molar-refractivity contribution in [2.45, 2.75) is 44.6 Å². The SMILES string of the molecule is C[C@@](O)(CN=[N+]=[N-])C1CCCCC1. The molecule has 1 rings (SSSR count). The van der Waals surface area contributed by atoms with Gasteiger partial charge in [-0.05, 0) is 31.2 Å². The number of hydrogen-bond acceptors (Lipinski definition) is 2. The zero-order valence-corrected chi connectivity index (χ0v) is 8.11. The molecular weight excluding hydrogens is 166 g/mol. The summed E-state index contributed by atoms with van der Waals surface area (Å²) in [5, 5.41) is 13.5. The minimum absolute atomic E-state index is 0.203. The molecule has 1 N–H and O–H groups in total. The maximum absolute atomic E-state index is 10.0. The molecule has 0 radical (unpaired) electrons. The second-order valence-electron chi connectivity index (χ2n) is 4.08. The Bertz CT molecular complexity index is 203. The Morgan fingerprint density at radius 1 is 1.46 bits per heavy atom. The van der Waals surface area contributed by atoms with Crippen LogP contribution in [-0.4, -0.2) is 17.3 Å². The third-order valence-electron chi connectivity index (χ3n) is 2.94. The Labute approximate surface area is 78.6 Å². The summed E-state index contributed by atoms with van der Waals surface area (Å²) in [7, 11) is 0. The van der Waals surface area contributed by atoms with Gasteiger partial charge in [-0.1, -0.05) is 24.4 Å². The van der Waals surface area contributed by atoms with E-state index in [4.69, 9.17) is 5.53 Å². The first kappa shape index (κ1) is 10.4. The van der Waals surface area contributed by atoms with Crippen LogP contribution >= 0.6 is 0 Å². The zero-order valence-electron chi connectivity index (χ0n) is 8.11. The second kappa shape index (κ2) is 4.49. The summed E-state index contributed by atoms with van der Waals surface area (Å²) in [5.41, 5.74) is 7.38. The fourth-order valence-electron chi connectivity index (χ4n) is 2.03. The average Bonchev–Trinajstić information content (AvgIpc) is 2.16. The number of hydrogen-bond donors (Lipinski definition) is 1. The third kappa shape index (κ3) is 2.90. The molecule has 0 bridgehead atoms. The van der Waals surface area contributed by atoms with E-state index in [-0.39, 0.29) is 6.54 Å². The third-order valence-corrected chi connectivity index (χ3v) is 2.94. The van der Waals surface area contributed by atoms with Crippen LogP contribution < -0.4 is 0 Å². The molecule has 4 heteroatoms. The lowest BCUT2D eigenvalue weighted by Gasteiger charge is -2.34. The van der Waals surface area contributed by atoms with E-state index in [1.807, 2.05) is 0 Å². The van der Waals surface area contributed by atoms with Gasteiger partial charge in [0.15, 0.2) is 0 Å². The van der Waals surface area contributed by atoms with Crippen LogP contribution in [0.4, 0.5) is 0 Å². The molecule has 0 aromatic carbocycles. The van der Waals surface area contributed by atoms with Crippen LogP contribution in [0.15, 0.2) is 5.11 Å². The first-order chi connectivity index (χ1) is 6.17. The first-order valence-electron chi connectivity index (χ1n) is 4.90. The fourth-order valence-corrected chi connectivity index (χ4v) is 2.03. The second-order valence-corrected chi connectivity index (χ2v) is 4.08. The Kier molecular flexibility index (Phi) is 3.58. The molecule has 0 unspecified atom stereocenters. The van der Waals surface area contributed by atoms with Crippen LogP contribution in [0.25, 0.3) is 10.4 Å². The minimum Gasteiger partial charge on any atom is -0.390 e. The molecule has 0 aromatic rings. The van der Waals surface area contributed by atoms with Crippen molar-refractivity contribution in [2.24, 2.45) is 11.0 Å². The van der Waals surface area contributed by atoms with Crippen LogP contribution in [0.2, 0.25) is 0 Å². The van der Waals surface area contributed by atoms with Crippen molar-refractivity contribution in [3.8, 4) is 0 Å². The highest BCUT2D eigenvalue weighted by Crippen LogP contribution is 2.32. The zero-order chi connectivity index (χ0) is 9.73. The lowest BCUT2D eigenvalue weighted by Crippen LogP contribution is -2.38. The fraction of sp³-hybridized carbons (Fsp3) is 1.00. The molecule has 0 heterocycles. The highest BCUT2D eigenvalue weighted by molar-refractivity contribution is 4.86. The quantitative estimate of drug-likeness (QED) is 0.408. The molecule has 0 saturated heterocycles. The minimum atomic E-state index is -0.799. The molecule has 13 heavy (non-hydrogen) atoms. The van der Waals surface area contributed by atoms with E-state index in [0.29, 0.717) is 5.92 Å². The van der Waals surface area contributed by atoms with Crippen molar-refractivity contribution >= 4 is 0 Å². The van der Waals surface area contributed by atoms with Crippen molar-refractivity contribution in [1.29, 1.82) is 0 Å². The Balaban J connectivity index is 2.50.